The number of aromatic nitrogens is 3. The van der Waals surface area contributed by atoms with Crippen molar-refractivity contribution in [3.63, 3.8) is 0 Å². The van der Waals surface area contributed by atoms with E-state index in [1.54, 1.807) is 6.07 Å². The SMILES string of the molecule is O=[N+]([O-])c1ccc2n[nH]nc2c1.[Na]. The summed E-state index contributed by atoms with van der Waals surface area (Å²) >= 11 is 0. The molecular formula is C6H4N4NaO2. The summed E-state index contributed by atoms with van der Waals surface area (Å²) in [6.45, 7) is 0. The largest absolute Gasteiger partial charge is 0.271 e. The van der Waals surface area contributed by atoms with Crippen LogP contribution in [-0.4, -0.2) is 49.9 Å². The predicted molar refractivity (Wildman–Crippen MR) is 46.3 cm³/mol. The molecule has 0 aliphatic carbocycles. The van der Waals surface area contributed by atoms with Crippen LogP contribution in [0.2, 0.25) is 0 Å². The van der Waals surface area contributed by atoms with Crippen LogP contribution in [-0.2, 0) is 0 Å². The predicted octanol–water partition coefficient (Wildman–Crippen LogP) is 0.485. The number of H-pyrrole nitrogens is 1. The van der Waals surface area contributed by atoms with Crippen LogP contribution in [0.4, 0.5) is 5.69 Å². The number of aromatic amines is 1. The van der Waals surface area contributed by atoms with Crippen LogP contribution in [0.15, 0.2) is 18.2 Å². The first kappa shape index (κ1) is 10.1. The number of non-ortho nitro benzene ring substituents is 1. The van der Waals surface area contributed by atoms with Crippen molar-refractivity contribution >= 4 is 46.3 Å². The molecule has 2 rings (SSSR count). The van der Waals surface area contributed by atoms with E-state index in [0.717, 1.165) is 0 Å². The summed E-state index contributed by atoms with van der Waals surface area (Å²) < 4.78 is 0. The molecule has 0 fully saturated rings. The van der Waals surface area contributed by atoms with Crippen LogP contribution in [0.1, 0.15) is 0 Å². The van der Waals surface area contributed by atoms with E-state index in [0.29, 0.717) is 11.0 Å². The van der Waals surface area contributed by atoms with Crippen LogP contribution in [0.3, 0.4) is 0 Å². The molecule has 0 atom stereocenters. The zero-order chi connectivity index (χ0) is 8.55. The second-order valence-corrected chi connectivity index (χ2v) is 2.25. The zero-order valence-corrected chi connectivity index (χ0v) is 8.89. The summed E-state index contributed by atoms with van der Waals surface area (Å²) in [4.78, 5) is 9.85. The fraction of sp³-hybridized carbons (Fsp3) is 0. The topological polar surface area (TPSA) is 84.7 Å². The van der Waals surface area contributed by atoms with Gasteiger partial charge in [0.15, 0.2) is 0 Å². The summed E-state index contributed by atoms with van der Waals surface area (Å²) in [6, 6.07) is 4.32. The van der Waals surface area contributed by atoms with E-state index in [1.165, 1.54) is 12.1 Å². The quantitative estimate of drug-likeness (QED) is 0.400. The van der Waals surface area contributed by atoms with E-state index in [1.807, 2.05) is 0 Å². The molecule has 1 heterocycles. The molecule has 2 aromatic rings. The zero-order valence-electron chi connectivity index (χ0n) is 6.89. The normalized spacial score (nSPS) is 9.54. The average Bonchev–Trinajstić information content (AvgIpc) is 2.49. The Labute approximate surface area is 94.8 Å². The van der Waals surface area contributed by atoms with Gasteiger partial charge in [0.2, 0.25) is 0 Å². The number of hydrogen-bond acceptors (Lipinski definition) is 4. The molecule has 1 aromatic heterocycles. The molecule has 0 spiro atoms. The van der Waals surface area contributed by atoms with Crippen molar-refractivity contribution in [1.29, 1.82) is 0 Å². The number of hydrogen-bond donors (Lipinski definition) is 1. The molecule has 6 nitrogen and oxygen atoms in total. The Hall–Kier alpha value is -0.980. The number of nitrogens with one attached hydrogen (secondary N) is 1. The Morgan fingerprint density at radius 3 is 2.69 bits per heavy atom. The van der Waals surface area contributed by atoms with Gasteiger partial charge in [-0.2, -0.15) is 15.4 Å². The Balaban J connectivity index is 0.000000845. The van der Waals surface area contributed by atoms with Crippen molar-refractivity contribution in [3.8, 4) is 0 Å². The van der Waals surface area contributed by atoms with Crippen LogP contribution in [0.5, 0.6) is 0 Å². The molecular weight excluding hydrogens is 183 g/mol. The van der Waals surface area contributed by atoms with E-state index >= 15 is 0 Å². The molecule has 0 unspecified atom stereocenters. The summed E-state index contributed by atoms with van der Waals surface area (Å²) in [5.74, 6) is 0. The minimum atomic E-state index is -0.464. The summed E-state index contributed by atoms with van der Waals surface area (Å²) in [7, 11) is 0. The maximum atomic E-state index is 10.3. The average molecular weight is 187 g/mol. The van der Waals surface area contributed by atoms with Gasteiger partial charge in [0.05, 0.1) is 4.92 Å². The van der Waals surface area contributed by atoms with E-state index in [4.69, 9.17) is 0 Å². The molecule has 7 heteroatoms. The summed E-state index contributed by atoms with van der Waals surface area (Å²) in [5, 5.41) is 20.2. The van der Waals surface area contributed by atoms with E-state index in [-0.39, 0.29) is 35.2 Å². The van der Waals surface area contributed by atoms with Crippen molar-refractivity contribution in [2.45, 2.75) is 0 Å². The number of fused-ring (bicyclic) bond motifs is 1. The standard InChI is InChI=1S/C6H4N4O2.Na/c11-10(12)4-1-2-5-6(3-4)8-9-7-5;/h1-3H,(H,7,8,9);. The molecule has 1 aromatic carbocycles. The maximum Gasteiger partial charge on any atom is 0.271 e. The molecule has 1 radical (unpaired) electrons. The first-order chi connectivity index (χ1) is 5.77. The Bertz CT molecular complexity index is 441. The van der Waals surface area contributed by atoms with Crippen molar-refractivity contribution in [2.24, 2.45) is 0 Å². The van der Waals surface area contributed by atoms with Crippen LogP contribution >= 0.6 is 0 Å². The third-order valence-corrected chi connectivity index (χ3v) is 1.51. The van der Waals surface area contributed by atoms with Gasteiger partial charge in [-0.1, -0.05) is 0 Å². The maximum absolute atomic E-state index is 10.3. The molecule has 0 aliphatic heterocycles. The van der Waals surface area contributed by atoms with Gasteiger partial charge in [-0.25, -0.2) is 0 Å². The van der Waals surface area contributed by atoms with Crippen molar-refractivity contribution < 1.29 is 4.92 Å². The Morgan fingerprint density at radius 1 is 1.31 bits per heavy atom. The molecule has 0 saturated heterocycles. The van der Waals surface area contributed by atoms with Gasteiger partial charge in [-0.3, -0.25) is 10.1 Å². The fourth-order valence-electron chi connectivity index (χ4n) is 0.942. The number of benzene rings is 1. The summed E-state index contributed by atoms with van der Waals surface area (Å²) in [6.07, 6.45) is 0. The first-order valence-electron chi connectivity index (χ1n) is 3.22. The molecule has 1 N–H and O–H groups in total. The monoisotopic (exact) mass is 187 g/mol. The molecule has 0 amide bonds. The molecule has 0 saturated carbocycles. The van der Waals surface area contributed by atoms with Gasteiger partial charge >= 0.3 is 0 Å². The Morgan fingerprint density at radius 2 is 2.00 bits per heavy atom. The van der Waals surface area contributed by atoms with Gasteiger partial charge < -0.3 is 0 Å². The first-order valence-corrected chi connectivity index (χ1v) is 3.22. The summed E-state index contributed by atoms with van der Waals surface area (Å²) in [5.41, 5.74) is 1.15. The second kappa shape index (κ2) is 3.82. The Kier molecular flexibility index (Phi) is 2.97. The van der Waals surface area contributed by atoms with Gasteiger partial charge in [0.25, 0.3) is 5.69 Å². The number of nitro groups is 1. The molecule has 13 heavy (non-hydrogen) atoms. The third kappa shape index (κ3) is 1.85. The van der Waals surface area contributed by atoms with Gasteiger partial charge in [-0.15, -0.1) is 0 Å². The van der Waals surface area contributed by atoms with Crippen molar-refractivity contribution in [1.82, 2.24) is 15.4 Å². The second-order valence-electron chi connectivity index (χ2n) is 2.25. The molecule has 0 bridgehead atoms. The number of rotatable bonds is 1. The fourth-order valence-corrected chi connectivity index (χ4v) is 0.942. The third-order valence-electron chi connectivity index (χ3n) is 1.51. The van der Waals surface area contributed by atoms with E-state index in [9.17, 15) is 10.1 Å². The van der Waals surface area contributed by atoms with Crippen LogP contribution < -0.4 is 0 Å². The minimum absolute atomic E-state index is 0. The van der Waals surface area contributed by atoms with Gasteiger partial charge in [0, 0.05) is 41.7 Å². The van der Waals surface area contributed by atoms with Crippen LogP contribution in [0.25, 0.3) is 11.0 Å². The molecule has 0 aliphatic rings. The van der Waals surface area contributed by atoms with Crippen molar-refractivity contribution in [3.05, 3.63) is 28.3 Å². The van der Waals surface area contributed by atoms with E-state index < -0.39 is 4.92 Å². The number of nitrogens with zero attached hydrogens (tertiary/aromatic N) is 3. The van der Waals surface area contributed by atoms with Gasteiger partial charge in [-0.05, 0) is 6.07 Å². The van der Waals surface area contributed by atoms with E-state index in [2.05, 4.69) is 15.4 Å². The van der Waals surface area contributed by atoms with Gasteiger partial charge in [0.1, 0.15) is 11.0 Å². The van der Waals surface area contributed by atoms with Crippen LogP contribution in [0, 0.1) is 10.1 Å². The van der Waals surface area contributed by atoms with Crippen molar-refractivity contribution in [2.75, 3.05) is 0 Å². The smallest absolute Gasteiger partial charge is 0.258 e. The minimum Gasteiger partial charge on any atom is -0.258 e. The number of nitro benzene ring substituents is 1. The molecule has 61 valence electrons.